The largest absolute Gasteiger partial charge is 0.444 e. The number of carbonyl (C=O) groups is 2. The van der Waals surface area contributed by atoms with Crippen LogP contribution in [0.4, 0.5) is 10.6 Å². The molecule has 0 saturated carbocycles. The lowest BCUT2D eigenvalue weighted by Gasteiger charge is -2.23. The summed E-state index contributed by atoms with van der Waals surface area (Å²) in [6.07, 6.45) is -0.244. The van der Waals surface area contributed by atoms with Crippen molar-refractivity contribution in [3.63, 3.8) is 0 Å². The van der Waals surface area contributed by atoms with Crippen LogP contribution in [0.3, 0.4) is 0 Å². The van der Waals surface area contributed by atoms with Crippen molar-refractivity contribution in [2.24, 2.45) is 0 Å². The minimum atomic E-state index is -0.739. The van der Waals surface area contributed by atoms with Crippen LogP contribution in [0.1, 0.15) is 26.3 Å². The van der Waals surface area contributed by atoms with Gasteiger partial charge in [0.25, 0.3) is 0 Å². The fourth-order valence-corrected chi connectivity index (χ4v) is 3.77. The highest BCUT2D eigenvalue weighted by Gasteiger charge is 2.24. The number of hydrogen-bond donors (Lipinski definition) is 3. The Morgan fingerprint density at radius 2 is 1.74 bits per heavy atom. The van der Waals surface area contributed by atoms with Gasteiger partial charge in [-0.3, -0.25) is 4.79 Å². The first-order chi connectivity index (χ1) is 14.8. The molecule has 0 fully saturated rings. The van der Waals surface area contributed by atoms with Crippen LogP contribution < -0.4 is 16.0 Å². The number of alkyl carbamates (subject to hydrolysis) is 1. The molecule has 0 aliphatic rings. The van der Waals surface area contributed by atoms with E-state index in [2.05, 4.69) is 20.3 Å². The first kappa shape index (κ1) is 22.6. The van der Waals surface area contributed by atoms with Gasteiger partial charge in [0.1, 0.15) is 17.5 Å². The van der Waals surface area contributed by atoms with Crippen molar-refractivity contribution < 1.29 is 14.3 Å². The number of amides is 2. The lowest BCUT2D eigenvalue weighted by molar-refractivity contribution is -0.123. The minimum absolute atomic E-state index is 0.264. The summed E-state index contributed by atoms with van der Waals surface area (Å²) in [6.45, 7) is 6.27. The third kappa shape index (κ3) is 6.96. The molecule has 1 heterocycles. The summed E-state index contributed by atoms with van der Waals surface area (Å²) in [5, 5.41) is 9.90. The van der Waals surface area contributed by atoms with Gasteiger partial charge in [-0.05, 0) is 50.0 Å². The van der Waals surface area contributed by atoms with Gasteiger partial charge >= 0.3 is 6.09 Å². The van der Waals surface area contributed by atoms with Gasteiger partial charge in [-0.2, -0.15) is 4.37 Å². The molecule has 0 unspecified atom stereocenters. The van der Waals surface area contributed by atoms with Crippen LogP contribution in [0.2, 0.25) is 0 Å². The molecule has 0 spiro atoms. The number of carbonyl (C=O) groups excluding carboxylic acids is 2. The number of nitrogens with one attached hydrogen (secondary N) is 3. The van der Waals surface area contributed by atoms with Crippen LogP contribution in [-0.2, 0) is 16.0 Å². The second kappa shape index (κ2) is 10.3. The first-order valence-corrected chi connectivity index (χ1v) is 11.0. The Morgan fingerprint density at radius 3 is 2.48 bits per heavy atom. The first-order valence-electron chi connectivity index (χ1n) is 10.2. The van der Waals surface area contributed by atoms with Crippen molar-refractivity contribution in [1.82, 2.24) is 15.0 Å². The van der Waals surface area contributed by atoms with Gasteiger partial charge in [0.15, 0.2) is 0 Å². The number of hydrogen-bond acceptors (Lipinski definition) is 6. The topological polar surface area (TPSA) is 92.3 Å². The quantitative estimate of drug-likeness (QED) is 0.461. The van der Waals surface area contributed by atoms with E-state index in [4.69, 9.17) is 4.74 Å². The molecule has 3 rings (SSSR count). The van der Waals surface area contributed by atoms with E-state index in [-0.39, 0.29) is 5.91 Å². The fourth-order valence-electron chi connectivity index (χ4n) is 3.01. The molecular weight excluding hydrogens is 412 g/mol. The van der Waals surface area contributed by atoms with Crippen molar-refractivity contribution in [1.29, 1.82) is 0 Å². The molecule has 0 saturated heterocycles. The van der Waals surface area contributed by atoms with Gasteiger partial charge < -0.3 is 20.7 Å². The Hall–Kier alpha value is -3.13. The molecule has 3 N–H and O–H groups in total. The Kier molecular flexibility index (Phi) is 7.46. The average Bonchev–Trinajstić information content (AvgIpc) is 3.13. The highest BCUT2D eigenvalue weighted by Crippen LogP contribution is 2.25. The Balaban J connectivity index is 1.56. The van der Waals surface area contributed by atoms with E-state index in [1.54, 1.807) is 20.8 Å². The van der Waals surface area contributed by atoms with E-state index < -0.39 is 17.7 Å². The van der Waals surface area contributed by atoms with Crippen LogP contribution in [0.5, 0.6) is 0 Å². The van der Waals surface area contributed by atoms with Crippen LogP contribution in [0, 0.1) is 0 Å². The molecule has 2 aromatic carbocycles. The summed E-state index contributed by atoms with van der Waals surface area (Å²) in [4.78, 5) is 25.0. The monoisotopic (exact) mass is 440 g/mol. The smallest absolute Gasteiger partial charge is 0.408 e. The predicted octanol–water partition coefficient (Wildman–Crippen LogP) is 3.96. The maximum Gasteiger partial charge on any atom is 0.408 e. The number of aromatic nitrogens is 1. The van der Waals surface area contributed by atoms with Gasteiger partial charge in [-0.25, -0.2) is 4.79 Å². The third-order valence-electron chi connectivity index (χ3n) is 4.38. The normalized spacial score (nSPS) is 12.2. The zero-order valence-corrected chi connectivity index (χ0v) is 18.8. The summed E-state index contributed by atoms with van der Waals surface area (Å²) < 4.78 is 10.9. The van der Waals surface area contributed by atoms with Crippen molar-refractivity contribution >= 4 is 39.4 Å². The van der Waals surface area contributed by atoms with Crippen LogP contribution in [0.15, 0.2) is 54.6 Å². The van der Waals surface area contributed by atoms with Crippen LogP contribution >= 0.6 is 11.5 Å². The Labute approximate surface area is 186 Å². The summed E-state index contributed by atoms with van der Waals surface area (Å²) >= 11 is 1.43. The van der Waals surface area contributed by atoms with Crippen molar-refractivity contribution in [2.75, 3.05) is 18.4 Å². The SMILES string of the molecule is CC(C)(C)OC(=O)N[C@@H](Cc1ccccc1)C(=O)NCCNc1nsc2ccccc12. The standard InChI is InChI=1S/C23H28N4O3S/c1-23(2,3)30-22(29)26-18(15-16-9-5-4-6-10-16)21(28)25-14-13-24-20-17-11-7-8-12-19(17)31-27-20/h4-12,18H,13-15H2,1-3H3,(H,24,27)(H,25,28)(H,26,29)/t18-/m0/s1. The van der Waals surface area contributed by atoms with E-state index in [0.717, 1.165) is 21.5 Å². The molecule has 7 nitrogen and oxygen atoms in total. The highest BCUT2D eigenvalue weighted by atomic mass is 32.1. The number of fused-ring (bicyclic) bond motifs is 1. The lowest BCUT2D eigenvalue weighted by atomic mass is 10.1. The Bertz CT molecular complexity index is 1010. The van der Waals surface area contributed by atoms with Gasteiger partial charge in [0.2, 0.25) is 5.91 Å². The summed E-state index contributed by atoms with van der Waals surface area (Å²) in [5.41, 5.74) is 0.309. The third-order valence-corrected chi connectivity index (χ3v) is 5.21. The molecule has 8 heteroatoms. The van der Waals surface area contributed by atoms with Gasteiger partial charge in [-0.1, -0.05) is 42.5 Å². The van der Waals surface area contributed by atoms with Gasteiger partial charge in [0, 0.05) is 24.9 Å². The number of anilines is 1. The summed E-state index contributed by atoms with van der Waals surface area (Å²) in [7, 11) is 0. The molecule has 0 aliphatic heterocycles. The summed E-state index contributed by atoms with van der Waals surface area (Å²) in [5.74, 6) is 0.544. The molecule has 0 bridgehead atoms. The predicted molar refractivity (Wildman–Crippen MR) is 124 cm³/mol. The highest BCUT2D eigenvalue weighted by molar-refractivity contribution is 7.13. The maximum atomic E-state index is 12.8. The van der Waals surface area contributed by atoms with Crippen molar-refractivity contribution in [3.8, 4) is 0 Å². The maximum absolute atomic E-state index is 12.8. The van der Waals surface area contributed by atoms with Crippen molar-refractivity contribution in [2.45, 2.75) is 38.8 Å². The number of benzene rings is 2. The molecule has 0 radical (unpaired) electrons. The molecule has 2 amide bonds. The molecule has 1 atom stereocenters. The van der Waals surface area contributed by atoms with Gasteiger partial charge in [0.05, 0.1) is 4.70 Å². The number of ether oxygens (including phenoxy) is 1. The Morgan fingerprint density at radius 1 is 1.03 bits per heavy atom. The molecule has 31 heavy (non-hydrogen) atoms. The van der Waals surface area contributed by atoms with E-state index in [1.807, 2.05) is 54.6 Å². The second-order valence-electron chi connectivity index (χ2n) is 8.13. The molecule has 3 aromatic rings. The van der Waals surface area contributed by atoms with E-state index in [0.29, 0.717) is 19.5 Å². The van der Waals surface area contributed by atoms with E-state index in [9.17, 15) is 9.59 Å². The minimum Gasteiger partial charge on any atom is -0.444 e. The summed E-state index contributed by atoms with van der Waals surface area (Å²) in [6, 6.07) is 16.8. The zero-order chi connectivity index (χ0) is 22.3. The lowest BCUT2D eigenvalue weighted by Crippen LogP contribution is -2.50. The zero-order valence-electron chi connectivity index (χ0n) is 18.0. The van der Waals surface area contributed by atoms with Crippen LogP contribution in [0.25, 0.3) is 10.1 Å². The van der Waals surface area contributed by atoms with E-state index >= 15 is 0 Å². The fraction of sp³-hybridized carbons (Fsp3) is 0.348. The van der Waals surface area contributed by atoms with Crippen LogP contribution in [-0.4, -0.2) is 41.1 Å². The molecule has 0 aliphatic carbocycles. The average molecular weight is 441 g/mol. The molecule has 164 valence electrons. The second-order valence-corrected chi connectivity index (χ2v) is 8.94. The van der Waals surface area contributed by atoms with Crippen molar-refractivity contribution in [3.05, 3.63) is 60.2 Å². The van der Waals surface area contributed by atoms with Gasteiger partial charge in [-0.15, -0.1) is 0 Å². The molecule has 1 aromatic heterocycles. The number of rotatable bonds is 8. The number of nitrogens with zero attached hydrogens (tertiary/aromatic N) is 1. The molecular formula is C23H28N4O3S. The van der Waals surface area contributed by atoms with E-state index in [1.165, 1.54) is 11.5 Å².